The maximum atomic E-state index is 12.3. The number of pyridine rings is 1. The fourth-order valence-electron chi connectivity index (χ4n) is 3.36. The van der Waals surface area contributed by atoms with Crippen molar-refractivity contribution >= 4 is 27.6 Å². The zero-order valence-electron chi connectivity index (χ0n) is 17.9. The number of aryl methyl sites for hydroxylation is 1. The van der Waals surface area contributed by atoms with Crippen LogP contribution in [0.3, 0.4) is 0 Å². The van der Waals surface area contributed by atoms with Gasteiger partial charge in [-0.2, -0.15) is 0 Å². The van der Waals surface area contributed by atoms with Crippen molar-refractivity contribution < 1.29 is 47.9 Å². The quantitative estimate of drug-likeness (QED) is 0.315. The van der Waals surface area contributed by atoms with Crippen LogP contribution in [0, 0.1) is 5.92 Å². The van der Waals surface area contributed by atoms with Crippen LogP contribution in [0.25, 0.3) is 0 Å². The van der Waals surface area contributed by atoms with Crippen LogP contribution in [0.2, 0.25) is 5.02 Å². The summed E-state index contributed by atoms with van der Waals surface area (Å²) >= 11 is 5.79. The normalized spacial score (nSPS) is 12.2. The number of sulfonamides is 1. The molecule has 9 heteroatoms. The number of nitrogens with one attached hydrogen (secondary N) is 1. The zero-order chi connectivity index (χ0) is 21.8. The molecule has 164 valence electrons. The summed E-state index contributed by atoms with van der Waals surface area (Å²) in [7, 11) is -3.54. The topological polar surface area (TPSA) is 99.2 Å². The molecule has 0 saturated heterocycles. The predicted molar refractivity (Wildman–Crippen MR) is 115 cm³/mol. The van der Waals surface area contributed by atoms with Crippen LogP contribution >= 0.6 is 11.6 Å². The molecule has 1 N–H and O–H groups in total. The number of benzene rings is 1. The minimum Gasteiger partial charge on any atom is -0.550 e. The number of carbonyl (C=O) groups excluding carboxylic acids is 1. The molecule has 0 amide bonds. The average molecular weight is 475 g/mol. The molecule has 1 unspecified atom stereocenters. The van der Waals surface area contributed by atoms with Crippen molar-refractivity contribution in [3.63, 3.8) is 0 Å². The third-order valence-electron chi connectivity index (χ3n) is 5.01. The van der Waals surface area contributed by atoms with Gasteiger partial charge in [0.1, 0.15) is 0 Å². The number of carbonyl (C=O) groups is 1. The molecule has 6 nitrogen and oxygen atoms in total. The zero-order valence-corrected chi connectivity index (χ0v) is 21.5. The summed E-state index contributed by atoms with van der Waals surface area (Å²) in [6.45, 7) is 0.341. The Bertz CT molecular complexity index is 880. The SMILES string of the molecule is O=C([O-])CCC(CCCCNS(=O)(=O)c1ccc(Cl)cc1)CCCc1cccnc1.[Na+]. The molecule has 0 spiro atoms. The van der Waals surface area contributed by atoms with E-state index < -0.39 is 16.0 Å². The molecule has 0 aliphatic carbocycles. The summed E-state index contributed by atoms with van der Waals surface area (Å²) in [5, 5.41) is 11.3. The largest absolute Gasteiger partial charge is 1.00 e. The molecule has 1 heterocycles. The van der Waals surface area contributed by atoms with E-state index in [1.165, 1.54) is 17.7 Å². The van der Waals surface area contributed by atoms with Gasteiger partial charge in [-0.15, -0.1) is 0 Å². The van der Waals surface area contributed by atoms with E-state index in [2.05, 4.69) is 9.71 Å². The summed E-state index contributed by atoms with van der Waals surface area (Å²) in [5.41, 5.74) is 1.17. The Kier molecular flexibility index (Phi) is 13.6. The van der Waals surface area contributed by atoms with Crippen LogP contribution in [0.1, 0.15) is 50.5 Å². The van der Waals surface area contributed by atoms with Crippen LogP contribution in [0.5, 0.6) is 0 Å². The van der Waals surface area contributed by atoms with Gasteiger partial charge in [-0.25, -0.2) is 13.1 Å². The predicted octanol–water partition coefficient (Wildman–Crippen LogP) is 0.357. The molecule has 0 radical (unpaired) electrons. The number of carboxylic acids is 1. The van der Waals surface area contributed by atoms with Crippen molar-refractivity contribution in [1.82, 2.24) is 9.71 Å². The van der Waals surface area contributed by atoms with Gasteiger partial charge in [-0.1, -0.05) is 36.9 Å². The van der Waals surface area contributed by atoms with Gasteiger partial charge in [0.25, 0.3) is 0 Å². The third-order valence-corrected chi connectivity index (χ3v) is 6.74. The Labute approximate surface area is 212 Å². The Balaban J connectivity index is 0.00000480. The van der Waals surface area contributed by atoms with E-state index in [1.54, 1.807) is 18.3 Å². The van der Waals surface area contributed by atoms with Crippen molar-refractivity contribution in [1.29, 1.82) is 0 Å². The second kappa shape index (κ2) is 15.0. The summed E-state index contributed by atoms with van der Waals surface area (Å²) in [6.07, 6.45) is 9.43. The van der Waals surface area contributed by atoms with Gasteiger partial charge in [0.2, 0.25) is 10.0 Å². The fraction of sp³-hybridized carbons (Fsp3) is 0.455. The van der Waals surface area contributed by atoms with Crippen molar-refractivity contribution in [3.8, 4) is 0 Å². The molecule has 2 rings (SSSR count). The van der Waals surface area contributed by atoms with Gasteiger partial charge < -0.3 is 9.90 Å². The standard InChI is InChI=1S/C22H29ClN2O4S.Na/c23-20-10-12-21(13-11-20)30(28,29)25-16-2-1-5-18(9-14-22(26)27)6-3-7-19-8-4-15-24-17-19;/h4,8,10-13,15,17-18,25H,1-3,5-7,9,14,16H2,(H,26,27);/q;+1/p-1. The Morgan fingerprint density at radius 1 is 1.06 bits per heavy atom. The number of aromatic nitrogens is 1. The van der Waals surface area contributed by atoms with E-state index >= 15 is 0 Å². The molecule has 2 aromatic rings. The average Bonchev–Trinajstić information content (AvgIpc) is 2.72. The first-order valence-corrected chi connectivity index (χ1v) is 12.1. The molecule has 0 saturated carbocycles. The van der Waals surface area contributed by atoms with Crippen molar-refractivity contribution in [2.24, 2.45) is 5.92 Å². The van der Waals surface area contributed by atoms with Crippen molar-refractivity contribution in [2.45, 2.75) is 56.3 Å². The minimum absolute atomic E-state index is 0. The Morgan fingerprint density at radius 3 is 2.42 bits per heavy atom. The Morgan fingerprint density at radius 2 is 1.77 bits per heavy atom. The molecule has 1 atom stereocenters. The smallest absolute Gasteiger partial charge is 0.550 e. The third kappa shape index (κ3) is 11.5. The molecular weight excluding hydrogens is 447 g/mol. The maximum absolute atomic E-state index is 12.3. The molecule has 1 aromatic heterocycles. The first-order chi connectivity index (χ1) is 14.4. The molecule has 0 fully saturated rings. The summed E-state index contributed by atoms with van der Waals surface area (Å²) in [5.74, 6) is -0.740. The summed E-state index contributed by atoms with van der Waals surface area (Å²) < 4.78 is 27.1. The molecule has 0 bridgehead atoms. The number of carboxylic acid groups (broad SMARTS) is 1. The second-order valence-electron chi connectivity index (χ2n) is 7.38. The van der Waals surface area contributed by atoms with Crippen LogP contribution in [0.15, 0.2) is 53.7 Å². The van der Waals surface area contributed by atoms with E-state index in [4.69, 9.17) is 11.6 Å². The van der Waals surface area contributed by atoms with Gasteiger partial charge in [-0.3, -0.25) is 4.98 Å². The maximum Gasteiger partial charge on any atom is 1.00 e. The van der Waals surface area contributed by atoms with E-state index in [-0.39, 0.29) is 46.8 Å². The van der Waals surface area contributed by atoms with Gasteiger partial charge in [0.15, 0.2) is 0 Å². The number of hydrogen-bond acceptors (Lipinski definition) is 5. The number of hydrogen-bond donors (Lipinski definition) is 1. The summed E-state index contributed by atoms with van der Waals surface area (Å²) in [6, 6.07) is 9.99. The molecule has 0 aliphatic rings. The number of nitrogens with zero attached hydrogens (tertiary/aromatic N) is 1. The van der Waals surface area contributed by atoms with Gasteiger partial charge in [0, 0.05) is 29.9 Å². The molecular formula is C22H28ClN2NaO4S. The first-order valence-electron chi connectivity index (χ1n) is 10.2. The molecule has 1 aromatic carbocycles. The molecule has 0 aliphatic heterocycles. The number of unbranched alkanes of at least 4 members (excludes halogenated alkanes) is 1. The minimum atomic E-state index is -3.54. The van der Waals surface area contributed by atoms with Crippen LogP contribution in [0.4, 0.5) is 0 Å². The van der Waals surface area contributed by atoms with Gasteiger partial charge >= 0.3 is 29.6 Å². The van der Waals surface area contributed by atoms with Crippen LogP contribution in [-0.2, 0) is 21.2 Å². The van der Waals surface area contributed by atoms with E-state index in [0.717, 1.165) is 32.1 Å². The summed E-state index contributed by atoms with van der Waals surface area (Å²) in [4.78, 5) is 15.1. The number of halogens is 1. The molecule has 31 heavy (non-hydrogen) atoms. The fourth-order valence-corrected chi connectivity index (χ4v) is 4.56. The van der Waals surface area contributed by atoms with Crippen molar-refractivity contribution in [3.05, 3.63) is 59.4 Å². The Hall–Kier alpha value is -0.960. The van der Waals surface area contributed by atoms with Crippen molar-refractivity contribution in [2.75, 3.05) is 6.54 Å². The number of aliphatic carboxylic acids is 1. The van der Waals surface area contributed by atoms with Crippen LogP contribution < -0.4 is 39.4 Å². The second-order valence-corrected chi connectivity index (χ2v) is 9.58. The van der Waals surface area contributed by atoms with Gasteiger partial charge in [0.05, 0.1) is 4.90 Å². The van der Waals surface area contributed by atoms with E-state index in [9.17, 15) is 18.3 Å². The van der Waals surface area contributed by atoms with E-state index in [0.29, 0.717) is 24.4 Å². The van der Waals surface area contributed by atoms with Crippen LogP contribution in [-0.4, -0.2) is 25.9 Å². The monoisotopic (exact) mass is 474 g/mol. The van der Waals surface area contributed by atoms with E-state index in [1.807, 2.05) is 18.3 Å². The number of rotatable bonds is 14. The first kappa shape index (κ1) is 28.1. The van der Waals surface area contributed by atoms with Gasteiger partial charge in [-0.05, 0) is 73.9 Å².